The molecule has 0 radical (unpaired) electrons. The molecule has 3 nitrogen and oxygen atoms in total. The maximum absolute atomic E-state index is 6.10. The van der Waals surface area contributed by atoms with Gasteiger partial charge in [0.05, 0.1) is 22.8 Å². The molecule has 17 heavy (non-hydrogen) atoms. The van der Waals surface area contributed by atoms with E-state index in [2.05, 4.69) is 34.9 Å². The van der Waals surface area contributed by atoms with Crippen LogP contribution in [0.2, 0.25) is 0 Å². The standard InChI is InChI=1S/C13H16BrN3/c1-3-11-13(15)12(4-2)17(16-11)10-7-5-9(14)6-8-10/h5-8H,3-4,15H2,1-2H3. The normalized spacial score (nSPS) is 10.8. The molecule has 0 aliphatic carbocycles. The summed E-state index contributed by atoms with van der Waals surface area (Å²) in [5.74, 6) is 0. The van der Waals surface area contributed by atoms with Crippen molar-refractivity contribution in [1.29, 1.82) is 0 Å². The van der Waals surface area contributed by atoms with Crippen molar-refractivity contribution in [2.75, 3.05) is 5.73 Å². The number of hydrogen-bond donors (Lipinski definition) is 1. The van der Waals surface area contributed by atoms with Crippen molar-refractivity contribution >= 4 is 21.6 Å². The van der Waals surface area contributed by atoms with Crippen LogP contribution in [0.4, 0.5) is 5.69 Å². The molecule has 0 unspecified atom stereocenters. The highest BCUT2D eigenvalue weighted by Gasteiger charge is 2.13. The Labute approximate surface area is 110 Å². The lowest BCUT2D eigenvalue weighted by molar-refractivity contribution is 0.794. The third kappa shape index (κ3) is 2.22. The van der Waals surface area contributed by atoms with Crippen molar-refractivity contribution < 1.29 is 0 Å². The maximum Gasteiger partial charge on any atom is 0.0858 e. The van der Waals surface area contributed by atoms with Crippen molar-refractivity contribution in [2.24, 2.45) is 0 Å². The van der Waals surface area contributed by atoms with Gasteiger partial charge in [0.15, 0.2) is 0 Å². The van der Waals surface area contributed by atoms with E-state index < -0.39 is 0 Å². The molecule has 0 amide bonds. The molecule has 2 N–H and O–H groups in total. The molecule has 1 aromatic heterocycles. The fourth-order valence-electron chi connectivity index (χ4n) is 1.91. The fourth-order valence-corrected chi connectivity index (χ4v) is 2.18. The molecule has 90 valence electrons. The summed E-state index contributed by atoms with van der Waals surface area (Å²) in [6.07, 6.45) is 1.75. The van der Waals surface area contributed by atoms with Gasteiger partial charge in [-0.3, -0.25) is 0 Å². The van der Waals surface area contributed by atoms with Gasteiger partial charge in [-0.2, -0.15) is 5.10 Å². The van der Waals surface area contributed by atoms with E-state index in [1.54, 1.807) is 0 Å². The van der Waals surface area contributed by atoms with E-state index in [-0.39, 0.29) is 0 Å². The highest BCUT2D eigenvalue weighted by molar-refractivity contribution is 9.10. The van der Waals surface area contributed by atoms with Crippen LogP contribution in [0.3, 0.4) is 0 Å². The minimum Gasteiger partial charge on any atom is -0.396 e. The van der Waals surface area contributed by atoms with E-state index in [0.29, 0.717) is 0 Å². The topological polar surface area (TPSA) is 43.8 Å². The van der Waals surface area contributed by atoms with Crippen LogP contribution in [0.25, 0.3) is 5.69 Å². The highest BCUT2D eigenvalue weighted by Crippen LogP contribution is 2.23. The molecule has 0 spiro atoms. The number of benzene rings is 1. The lowest BCUT2D eigenvalue weighted by atomic mass is 10.2. The van der Waals surface area contributed by atoms with Gasteiger partial charge in [-0.25, -0.2) is 4.68 Å². The summed E-state index contributed by atoms with van der Waals surface area (Å²) in [4.78, 5) is 0. The first-order chi connectivity index (χ1) is 8.17. The lowest BCUT2D eigenvalue weighted by Gasteiger charge is -2.06. The third-order valence-corrected chi connectivity index (χ3v) is 3.37. The van der Waals surface area contributed by atoms with E-state index >= 15 is 0 Å². The number of nitrogen functional groups attached to an aromatic ring is 1. The van der Waals surface area contributed by atoms with Crippen molar-refractivity contribution in [2.45, 2.75) is 26.7 Å². The Balaban J connectivity index is 2.54. The van der Waals surface area contributed by atoms with E-state index in [4.69, 9.17) is 5.73 Å². The summed E-state index contributed by atoms with van der Waals surface area (Å²) in [7, 11) is 0. The van der Waals surface area contributed by atoms with Gasteiger partial charge < -0.3 is 5.73 Å². The number of aryl methyl sites for hydroxylation is 1. The van der Waals surface area contributed by atoms with Gasteiger partial charge in [-0.15, -0.1) is 0 Å². The molecule has 0 fully saturated rings. The van der Waals surface area contributed by atoms with E-state index in [1.807, 2.05) is 28.9 Å². The van der Waals surface area contributed by atoms with Crippen LogP contribution in [-0.2, 0) is 12.8 Å². The van der Waals surface area contributed by atoms with E-state index in [1.165, 1.54) is 0 Å². The Morgan fingerprint density at radius 2 is 1.82 bits per heavy atom. The summed E-state index contributed by atoms with van der Waals surface area (Å²) in [6.45, 7) is 4.17. The predicted molar refractivity (Wildman–Crippen MR) is 74.4 cm³/mol. The van der Waals surface area contributed by atoms with Crippen LogP contribution in [-0.4, -0.2) is 9.78 Å². The molecule has 0 saturated carbocycles. The molecular formula is C13H16BrN3. The van der Waals surface area contributed by atoms with Crippen molar-refractivity contribution in [3.8, 4) is 5.69 Å². The Bertz CT molecular complexity index is 514. The molecular weight excluding hydrogens is 278 g/mol. The van der Waals surface area contributed by atoms with Crippen LogP contribution in [0, 0.1) is 0 Å². The predicted octanol–water partition coefficient (Wildman–Crippen LogP) is 3.34. The zero-order chi connectivity index (χ0) is 12.4. The summed E-state index contributed by atoms with van der Waals surface area (Å²) in [6, 6.07) is 8.10. The Hall–Kier alpha value is -1.29. The van der Waals surface area contributed by atoms with Gasteiger partial charge in [0.25, 0.3) is 0 Å². The molecule has 0 atom stereocenters. The second-order valence-electron chi connectivity index (χ2n) is 3.90. The summed E-state index contributed by atoms with van der Waals surface area (Å²) < 4.78 is 3.01. The van der Waals surface area contributed by atoms with Gasteiger partial charge in [0.1, 0.15) is 0 Å². The quantitative estimate of drug-likeness (QED) is 0.943. The first-order valence-electron chi connectivity index (χ1n) is 5.79. The Kier molecular flexibility index (Phi) is 3.52. The molecule has 2 rings (SSSR count). The van der Waals surface area contributed by atoms with Gasteiger partial charge in [0.2, 0.25) is 0 Å². The van der Waals surface area contributed by atoms with Gasteiger partial charge in [-0.1, -0.05) is 29.8 Å². The molecule has 1 heterocycles. The zero-order valence-electron chi connectivity index (χ0n) is 10.1. The summed E-state index contributed by atoms with van der Waals surface area (Å²) >= 11 is 3.43. The number of halogens is 1. The van der Waals surface area contributed by atoms with Gasteiger partial charge in [-0.05, 0) is 37.1 Å². The molecule has 4 heteroatoms. The number of anilines is 1. The van der Waals surface area contributed by atoms with Crippen LogP contribution >= 0.6 is 15.9 Å². The highest BCUT2D eigenvalue weighted by atomic mass is 79.9. The first-order valence-corrected chi connectivity index (χ1v) is 6.58. The molecule has 0 aliphatic rings. The zero-order valence-corrected chi connectivity index (χ0v) is 11.7. The second kappa shape index (κ2) is 4.92. The molecule has 1 aromatic carbocycles. The van der Waals surface area contributed by atoms with Crippen molar-refractivity contribution in [3.05, 3.63) is 40.1 Å². The number of nitrogens with zero attached hydrogens (tertiary/aromatic N) is 2. The van der Waals surface area contributed by atoms with Crippen molar-refractivity contribution in [3.63, 3.8) is 0 Å². The van der Waals surface area contributed by atoms with Crippen LogP contribution in [0.15, 0.2) is 28.7 Å². The van der Waals surface area contributed by atoms with Gasteiger partial charge >= 0.3 is 0 Å². The lowest BCUT2D eigenvalue weighted by Crippen LogP contribution is -2.02. The van der Waals surface area contributed by atoms with Crippen molar-refractivity contribution in [1.82, 2.24) is 9.78 Å². The first kappa shape index (κ1) is 12.2. The third-order valence-electron chi connectivity index (χ3n) is 2.84. The molecule has 0 bridgehead atoms. The van der Waals surface area contributed by atoms with Crippen LogP contribution in [0.1, 0.15) is 25.2 Å². The van der Waals surface area contributed by atoms with Gasteiger partial charge in [0, 0.05) is 4.47 Å². The van der Waals surface area contributed by atoms with E-state index in [9.17, 15) is 0 Å². The minimum atomic E-state index is 0.831. The number of rotatable bonds is 3. The average molecular weight is 294 g/mol. The maximum atomic E-state index is 6.10. The number of nitrogens with two attached hydrogens (primary N) is 1. The second-order valence-corrected chi connectivity index (χ2v) is 4.82. The SMILES string of the molecule is CCc1nn(-c2ccc(Br)cc2)c(CC)c1N. The van der Waals surface area contributed by atoms with Crippen LogP contribution < -0.4 is 5.73 Å². The van der Waals surface area contributed by atoms with Crippen LogP contribution in [0.5, 0.6) is 0 Å². The van der Waals surface area contributed by atoms with E-state index in [0.717, 1.165) is 40.1 Å². The monoisotopic (exact) mass is 293 g/mol. The summed E-state index contributed by atoms with van der Waals surface area (Å²) in [5.41, 5.74) is 10.0. The summed E-state index contributed by atoms with van der Waals surface area (Å²) in [5, 5.41) is 4.58. The molecule has 2 aromatic rings. The Morgan fingerprint density at radius 3 is 2.35 bits per heavy atom. The largest absolute Gasteiger partial charge is 0.396 e. The number of hydrogen-bond acceptors (Lipinski definition) is 2. The fraction of sp³-hybridized carbons (Fsp3) is 0.308. The number of aromatic nitrogens is 2. The molecule has 0 saturated heterocycles. The average Bonchev–Trinajstić information content (AvgIpc) is 2.66. The Morgan fingerprint density at radius 1 is 1.18 bits per heavy atom. The smallest absolute Gasteiger partial charge is 0.0858 e. The molecule has 0 aliphatic heterocycles. The minimum absolute atomic E-state index is 0.831.